The van der Waals surface area contributed by atoms with Crippen molar-refractivity contribution < 1.29 is 18.8 Å². The maximum atomic E-state index is 13.0. The zero-order chi connectivity index (χ0) is 22.1. The summed E-state index contributed by atoms with van der Waals surface area (Å²) in [5.74, 6) is -0.589. The number of fused-ring (bicyclic) bond motifs is 1. The van der Waals surface area contributed by atoms with E-state index in [0.29, 0.717) is 27.7 Å². The molecule has 2 heterocycles. The second kappa shape index (κ2) is 8.39. The first-order valence-corrected chi connectivity index (χ1v) is 10.9. The third-order valence-corrected chi connectivity index (χ3v) is 6.65. The lowest BCUT2D eigenvalue weighted by molar-refractivity contribution is 0.0988. The Morgan fingerprint density at radius 2 is 1.97 bits per heavy atom. The maximum absolute atomic E-state index is 13.0. The number of furan rings is 1. The number of carbonyl (C=O) groups is 3. The fourth-order valence-electron chi connectivity index (χ4n) is 3.76. The number of amides is 3. The molecule has 1 atom stereocenters. The Balaban J connectivity index is 1.58. The third kappa shape index (κ3) is 4.25. The van der Waals surface area contributed by atoms with Crippen LogP contribution in [0.15, 0.2) is 41.0 Å². The van der Waals surface area contributed by atoms with Crippen LogP contribution in [0.1, 0.15) is 60.6 Å². The van der Waals surface area contributed by atoms with Crippen LogP contribution in [0.3, 0.4) is 0 Å². The number of rotatable bonds is 5. The van der Waals surface area contributed by atoms with Gasteiger partial charge in [-0.2, -0.15) is 0 Å². The van der Waals surface area contributed by atoms with Gasteiger partial charge in [0.15, 0.2) is 5.76 Å². The van der Waals surface area contributed by atoms with Crippen molar-refractivity contribution in [1.29, 1.82) is 0 Å². The Bertz CT molecular complexity index is 1160. The van der Waals surface area contributed by atoms with Gasteiger partial charge in [-0.15, -0.1) is 11.3 Å². The molecule has 8 heteroatoms. The summed E-state index contributed by atoms with van der Waals surface area (Å²) in [5.41, 5.74) is 8.67. The first-order valence-electron chi connectivity index (χ1n) is 10.0. The van der Waals surface area contributed by atoms with Crippen molar-refractivity contribution in [2.24, 2.45) is 11.7 Å². The summed E-state index contributed by atoms with van der Waals surface area (Å²) in [6, 6.07) is 8.22. The maximum Gasteiger partial charge on any atom is 0.291 e. The molecule has 2 aromatic heterocycles. The number of thiophene rings is 1. The number of nitrogens with one attached hydrogen (secondary N) is 2. The highest BCUT2D eigenvalue weighted by Crippen LogP contribution is 2.39. The van der Waals surface area contributed by atoms with Crippen LogP contribution in [0.4, 0.5) is 10.7 Å². The Kier molecular flexibility index (Phi) is 5.65. The molecular formula is C23H23N3O4S. The number of anilines is 2. The quantitative estimate of drug-likeness (QED) is 0.549. The van der Waals surface area contributed by atoms with Gasteiger partial charge >= 0.3 is 0 Å². The zero-order valence-corrected chi connectivity index (χ0v) is 18.1. The molecule has 1 aliphatic rings. The minimum Gasteiger partial charge on any atom is -0.459 e. The molecule has 3 amide bonds. The van der Waals surface area contributed by atoms with E-state index >= 15 is 0 Å². The first kappa shape index (κ1) is 20.9. The molecule has 1 aromatic carbocycles. The van der Waals surface area contributed by atoms with E-state index in [0.717, 1.165) is 35.3 Å². The summed E-state index contributed by atoms with van der Waals surface area (Å²) in [4.78, 5) is 38.5. The molecule has 0 aliphatic heterocycles. The number of aryl methyl sites for hydroxylation is 1. The van der Waals surface area contributed by atoms with Crippen LogP contribution < -0.4 is 16.4 Å². The topological polar surface area (TPSA) is 114 Å². The van der Waals surface area contributed by atoms with Crippen molar-refractivity contribution in [3.05, 3.63) is 69.5 Å². The second-order valence-electron chi connectivity index (χ2n) is 7.84. The van der Waals surface area contributed by atoms with Crippen LogP contribution in [-0.4, -0.2) is 17.7 Å². The first-order chi connectivity index (χ1) is 14.8. The molecule has 0 radical (unpaired) electrons. The summed E-state index contributed by atoms with van der Waals surface area (Å²) < 4.78 is 5.11. The largest absolute Gasteiger partial charge is 0.459 e. The number of hydrogen-bond donors (Lipinski definition) is 3. The van der Waals surface area contributed by atoms with E-state index in [-0.39, 0.29) is 11.7 Å². The lowest BCUT2D eigenvalue weighted by Gasteiger charge is -2.18. The number of carbonyl (C=O) groups excluding carboxylic acids is 3. The fourth-order valence-corrected chi connectivity index (χ4v) is 5.18. The van der Waals surface area contributed by atoms with Gasteiger partial charge in [-0.3, -0.25) is 14.4 Å². The van der Waals surface area contributed by atoms with Crippen molar-refractivity contribution in [3.8, 4) is 0 Å². The molecular weight excluding hydrogens is 414 g/mol. The van der Waals surface area contributed by atoms with Gasteiger partial charge in [0.2, 0.25) is 0 Å². The van der Waals surface area contributed by atoms with Crippen LogP contribution in [0, 0.1) is 12.8 Å². The molecule has 0 saturated carbocycles. The predicted molar refractivity (Wildman–Crippen MR) is 120 cm³/mol. The van der Waals surface area contributed by atoms with Gasteiger partial charge in [-0.1, -0.05) is 13.0 Å². The summed E-state index contributed by atoms with van der Waals surface area (Å²) in [7, 11) is 0. The van der Waals surface area contributed by atoms with Crippen LogP contribution in [0.5, 0.6) is 0 Å². The molecule has 0 fully saturated rings. The molecule has 0 bridgehead atoms. The summed E-state index contributed by atoms with van der Waals surface area (Å²) >= 11 is 1.42. The standard InChI is InChI=1S/C23H23N3O4S/c1-12-5-8-15-18(10-12)31-23(19(15)20(24)27)26-21(28)14-7-6-13(2)16(11-14)25-22(29)17-4-3-9-30-17/h3-4,6-7,9,11-12H,5,8,10H2,1-2H3,(H2,24,27)(H,25,29)(H,26,28). The van der Waals surface area contributed by atoms with Crippen LogP contribution in [0.2, 0.25) is 0 Å². The van der Waals surface area contributed by atoms with Gasteiger partial charge in [0, 0.05) is 16.1 Å². The smallest absolute Gasteiger partial charge is 0.291 e. The van der Waals surface area contributed by atoms with Crippen LogP contribution in [-0.2, 0) is 12.8 Å². The summed E-state index contributed by atoms with van der Waals surface area (Å²) in [6.07, 6.45) is 4.08. The normalized spacial score (nSPS) is 15.2. The Hall–Kier alpha value is -3.39. The SMILES string of the molecule is Cc1ccc(C(=O)Nc2sc3c(c2C(N)=O)CCC(C)C3)cc1NC(=O)c1ccco1. The van der Waals surface area contributed by atoms with Crippen molar-refractivity contribution in [3.63, 3.8) is 0 Å². The minimum atomic E-state index is -0.530. The highest BCUT2D eigenvalue weighted by atomic mass is 32.1. The monoisotopic (exact) mass is 437 g/mol. The minimum absolute atomic E-state index is 0.179. The number of benzene rings is 1. The Labute approximate surface area is 183 Å². The molecule has 4 rings (SSSR count). The predicted octanol–water partition coefficient (Wildman–Crippen LogP) is 4.38. The van der Waals surface area contributed by atoms with Crippen molar-refractivity contribution in [2.75, 3.05) is 10.6 Å². The van der Waals surface area contributed by atoms with Gasteiger partial charge in [0.05, 0.1) is 11.8 Å². The van der Waals surface area contributed by atoms with Crippen LogP contribution in [0.25, 0.3) is 0 Å². The van der Waals surface area contributed by atoms with Crippen LogP contribution >= 0.6 is 11.3 Å². The molecule has 160 valence electrons. The van der Waals surface area contributed by atoms with Gasteiger partial charge in [-0.05, 0) is 67.5 Å². The van der Waals surface area contributed by atoms with Crippen molar-refractivity contribution in [2.45, 2.75) is 33.1 Å². The molecule has 3 aromatic rings. The summed E-state index contributed by atoms with van der Waals surface area (Å²) in [6.45, 7) is 4.01. The number of primary amides is 1. The van der Waals surface area contributed by atoms with E-state index in [4.69, 9.17) is 10.2 Å². The van der Waals surface area contributed by atoms with Crippen molar-refractivity contribution in [1.82, 2.24) is 0 Å². The summed E-state index contributed by atoms with van der Waals surface area (Å²) in [5, 5.41) is 6.10. The van der Waals surface area contributed by atoms with Gasteiger partial charge in [-0.25, -0.2) is 0 Å². The van der Waals surface area contributed by atoms with Gasteiger partial charge < -0.3 is 20.8 Å². The highest BCUT2D eigenvalue weighted by Gasteiger charge is 2.27. The molecule has 1 aliphatic carbocycles. The van der Waals surface area contributed by atoms with E-state index in [1.54, 1.807) is 30.3 Å². The third-order valence-electron chi connectivity index (χ3n) is 5.48. The average Bonchev–Trinajstić information content (AvgIpc) is 3.37. The van der Waals surface area contributed by atoms with Gasteiger partial charge in [0.1, 0.15) is 5.00 Å². The zero-order valence-electron chi connectivity index (χ0n) is 17.3. The second-order valence-corrected chi connectivity index (χ2v) is 8.94. The van der Waals surface area contributed by atoms with E-state index in [9.17, 15) is 14.4 Å². The lowest BCUT2D eigenvalue weighted by atomic mass is 9.88. The molecule has 31 heavy (non-hydrogen) atoms. The van der Waals surface area contributed by atoms with Gasteiger partial charge in [0.25, 0.3) is 17.7 Å². The van der Waals surface area contributed by atoms with E-state index in [1.165, 1.54) is 17.6 Å². The highest BCUT2D eigenvalue weighted by molar-refractivity contribution is 7.17. The molecule has 7 nitrogen and oxygen atoms in total. The van der Waals surface area contributed by atoms with E-state index < -0.39 is 11.8 Å². The fraction of sp³-hybridized carbons (Fsp3) is 0.261. The Morgan fingerprint density at radius 1 is 1.16 bits per heavy atom. The lowest BCUT2D eigenvalue weighted by Crippen LogP contribution is -2.19. The molecule has 0 saturated heterocycles. The molecule has 1 unspecified atom stereocenters. The molecule has 4 N–H and O–H groups in total. The Morgan fingerprint density at radius 3 is 2.68 bits per heavy atom. The average molecular weight is 438 g/mol. The van der Waals surface area contributed by atoms with Crippen molar-refractivity contribution >= 4 is 39.7 Å². The number of nitrogens with two attached hydrogens (primary N) is 1. The van der Waals surface area contributed by atoms with E-state index in [2.05, 4.69) is 17.6 Å². The van der Waals surface area contributed by atoms with E-state index in [1.807, 2.05) is 6.92 Å². The number of hydrogen-bond acceptors (Lipinski definition) is 5. The molecule has 0 spiro atoms.